The summed E-state index contributed by atoms with van der Waals surface area (Å²) in [6.45, 7) is 8.95. The van der Waals surface area contributed by atoms with Crippen LogP contribution >= 0.6 is 11.8 Å². The van der Waals surface area contributed by atoms with E-state index in [1.165, 1.54) is 51.0 Å². The van der Waals surface area contributed by atoms with Crippen molar-refractivity contribution in [3.63, 3.8) is 0 Å². The van der Waals surface area contributed by atoms with E-state index >= 15 is 0 Å². The number of nitrogens with zero attached hydrogens (tertiary/aromatic N) is 5. The lowest BCUT2D eigenvalue weighted by Crippen LogP contribution is -2.38. The first-order valence-corrected chi connectivity index (χ1v) is 12.1. The van der Waals surface area contributed by atoms with Crippen LogP contribution in [0.25, 0.3) is 11.4 Å². The third-order valence-corrected chi connectivity index (χ3v) is 6.91. The minimum Gasteiger partial charge on any atom is -0.379 e. The molecule has 1 aromatic carbocycles. The number of likely N-dealkylation sites (tertiary alicyclic amines) is 1. The Balaban J connectivity index is 1.39. The fraction of sp³-hybridized carbons (Fsp3) is 0.636. The molecule has 4 rings (SSSR count). The molecule has 1 aromatic heterocycles. The standard InChI is InChI=1S/C22H32FN5OS/c23-20-7-5-19(6-8-20)21-24-25-22(28(21)13-12-27-14-16-29-17-15-27)30-18-4-11-26-9-2-1-3-10-26/h5-8H,1-4,9-18H2. The van der Waals surface area contributed by atoms with Gasteiger partial charge in [0.05, 0.1) is 13.2 Å². The first kappa shape index (κ1) is 21.7. The van der Waals surface area contributed by atoms with Crippen LogP contribution in [0.4, 0.5) is 4.39 Å². The summed E-state index contributed by atoms with van der Waals surface area (Å²) in [5.74, 6) is 1.63. The summed E-state index contributed by atoms with van der Waals surface area (Å²) in [5, 5.41) is 9.91. The minimum absolute atomic E-state index is 0.231. The van der Waals surface area contributed by atoms with Gasteiger partial charge in [-0.25, -0.2) is 4.39 Å². The van der Waals surface area contributed by atoms with Crippen LogP contribution in [0.1, 0.15) is 25.7 Å². The molecule has 2 aromatic rings. The highest BCUT2D eigenvalue weighted by Crippen LogP contribution is 2.25. The van der Waals surface area contributed by atoms with Gasteiger partial charge in [-0.05, 0) is 63.2 Å². The molecule has 2 aliphatic rings. The molecule has 0 spiro atoms. The first-order chi connectivity index (χ1) is 14.8. The molecular weight excluding hydrogens is 401 g/mol. The zero-order chi connectivity index (χ0) is 20.6. The van der Waals surface area contributed by atoms with Gasteiger partial charge in [-0.2, -0.15) is 0 Å². The number of benzene rings is 1. The van der Waals surface area contributed by atoms with Crippen molar-refractivity contribution in [1.82, 2.24) is 24.6 Å². The third kappa shape index (κ3) is 6.03. The molecule has 0 aliphatic carbocycles. The maximum absolute atomic E-state index is 13.4. The highest BCUT2D eigenvalue weighted by atomic mass is 32.2. The molecule has 0 atom stereocenters. The minimum atomic E-state index is -0.231. The van der Waals surface area contributed by atoms with Gasteiger partial charge >= 0.3 is 0 Å². The zero-order valence-electron chi connectivity index (χ0n) is 17.6. The van der Waals surface area contributed by atoms with Crippen molar-refractivity contribution in [3.8, 4) is 11.4 Å². The molecule has 0 bridgehead atoms. The van der Waals surface area contributed by atoms with Crippen LogP contribution in [0.15, 0.2) is 29.4 Å². The van der Waals surface area contributed by atoms with Gasteiger partial charge in [0.25, 0.3) is 0 Å². The lowest BCUT2D eigenvalue weighted by molar-refractivity contribution is 0.0361. The molecule has 30 heavy (non-hydrogen) atoms. The molecule has 6 nitrogen and oxygen atoms in total. The maximum Gasteiger partial charge on any atom is 0.191 e. The van der Waals surface area contributed by atoms with Crippen LogP contribution < -0.4 is 0 Å². The number of piperidine rings is 1. The summed E-state index contributed by atoms with van der Waals surface area (Å²) < 4.78 is 21.1. The van der Waals surface area contributed by atoms with Gasteiger partial charge in [0.1, 0.15) is 5.82 Å². The van der Waals surface area contributed by atoms with E-state index in [0.717, 1.165) is 68.1 Å². The molecule has 0 amide bonds. The number of halogens is 1. The second kappa shape index (κ2) is 11.2. The van der Waals surface area contributed by atoms with Gasteiger partial charge < -0.3 is 14.2 Å². The second-order valence-electron chi connectivity index (χ2n) is 8.02. The first-order valence-electron chi connectivity index (χ1n) is 11.1. The van der Waals surface area contributed by atoms with Crippen molar-refractivity contribution in [1.29, 1.82) is 0 Å². The lowest BCUT2D eigenvalue weighted by atomic mass is 10.1. The number of morpholine rings is 1. The molecule has 3 heterocycles. The topological polar surface area (TPSA) is 46.4 Å². The van der Waals surface area contributed by atoms with Gasteiger partial charge in [-0.3, -0.25) is 4.90 Å². The van der Waals surface area contributed by atoms with Crippen molar-refractivity contribution in [2.45, 2.75) is 37.4 Å². The Hall–Kier alpha value is -1.48. The molecule has 164 valence electrons. The van der Waals surface area contributed by atoms with E-state index in [9.17, 15) is 4.39 Å². The fourth-order valence-electron chi connectivity index (χ4n) is 4.11. The Bertz CT molecular complexity index is 772. The van der Waals surface area contributed by atoms with Crippen LogP contribution in [0.2, 0.25) is 0 Å². The zero-order valence-corrected chi connectivity index (χ0v) is 18.5. The number of thioether (sulfide) groups is 1. The molecule has 0 saturated carbocycles. The summed E-state index contributed by atoms with van der Waals surface area (Å²) in [6, 6.07) is 6.55. The summed E-state index contributed by atoms with van der Waals surface area (Å²) in [5.41, 5.74) is 0.908. The van der Waals surface area contributed by atoms with Crippen molar-refractivity contribution < 1.29 is 9.13 Å². The number of hydrogen-bond acceptors (Lipinski definition) is 6. The quantitative estimate of drug-likeness (QED) is 0.446. The van der Waals surface area contributed by atoms with Crippen molar-refractivity contribution in [3.05, 3.63) is 30.1 Å². The smallest absolute Gasteiger partial charge is 0.191 e. The number of rotatable bonds is 9. The Morgan fingerprint density at radius 2 is 1.60 bits per heavy atom. The normalized spacial score (nSPS) is 18.7. The predicted molar refractivity (Wildman–Crippen MR) is 118 cm³/mol. The van der Waals surface area contributed by atoms with Gasteiger partial charge in [0.2, 0.25) is 0 Å². The van der Waals surface area contributed by atoms with Crippen LogP contribution in [-0.4, -0.2) is 82.8 Å². The predicted octanol–water partition coefficient (Wildman–Crippen LogP) is 3.38. The Labute approximate surface area is 182 Å². The molecule has 8 heteroatoms. The molecule has 0 radical (unpaired) electrons. The van der Waals surface area contributed by atoms with E-state index in [1.54, 1.807) is 23.9 Å². The Morgan fingerprint density at radius 3 is 2.37 bits per heavy atom. The summed E-state index contributed by atoms with van der Waals surface area (Å²) in [4.78, 5) is 5.00. The highest BCUT2D eigenvalue weighted by molar-refractivity contribution is 7.99. The SMILES string of the molecule is Fc1ccc(-c2nnc(SCCCN3CCCCC3)n2CCN2CCOCC2)cc1. The van der Waals surface area contributed by atoms with Crippen LogP contribution in [0.3, 0.4) is 0 Å². The number of ether oxygens (including phenoxy) is 1. The molecule has 2 saturated heterocycles. The fourth-order valence-corrected chi connectivity index (χ4v) is 5.00. The number of aromatic nitrogens is 3. The van der Waals surface area contributed by atoms with Gasteiger partial charge in [-0.15, -0.1) is 10.2 Å². The largest absolute Gasteiger partial charge is 0.379 e. The van der Waals surface area contributed by atoms with E-state index in [-0.39, 0.29) is 5.82 Å². The lowest BCUT2D eigenvalue weighted by Gasteiger charge is -2.27. The Kier molecular flexibility index (Phi) is 8.14. The third-order valence-electron chi connectivity index (χ3n) is 5.86. The average molecular weight is 434 g/mol. The van der Waals surface area contributed by atoms with E-state index in [1.807, 2.05) is 0 Å². The summed E-state index contributed by atoms with van der Waals surface area (Å²) in [7, 11) is 0. The molecular formula is C22H32FN5OS. The molecule has 0 N–H and O–H groups in total. The summed E-state index contributed by atoms with van der Waals surface area (Å²) >= 11 is 1.79. The summed E-state index contributed by atoms with van der Waals surface area (Å²) in [6.07, 6.45) is 5.21. The Morgan fingerprint density at radius 1 is 0.867 bits per heavy atom. The average Bonchev–Trinajstić information content (AvgIpc) is 3.20. The number of hydrogen-bond donors (Lipinski definition) is 0. The second-order valence-corrected chi connectivity index (χ2v) is 9.09. The monoisotopic (exact) mass is 433 g/mol. The van der Waals surface area contributed by atoms with Crippen molar-refractivity contribution in [2.75, 3.05) is 58.2 Å². The van der Waals surface area contributed by atoms with Crippen LogP contribution in [0.5, 0.6) is 0 Å². The highest BCUT2D eigenvalue weighted by Gasteiger charge is 2.17. The van der Waals surface area contributed by atoms with Gasteiger partial charge in [-0.1, -0.05) is 18.2 Å². The van der Waals surface area contributed by atoms with E-state index in [2.05, 4.69) is 24.6 Å². The van der Waals surface area contributed by atoms with Crippen molar-refractivity contribution in [2.24, 2.45) is 0 Å². The van der Waals surface area contributed by atoms with Crippen molar-refractivity contribution >= 4 is 11.8 Å². The van der Waals surface area contributed by atoms with Crippen LogP contribution in [-0.2, 0) is 11.3 Å². The van der Waals surface area contributed by atoms with E-state index < -0.39 is 0 Å². The van der Waals surface area contributed by atoms with Crippen LogP contribution in [0, 0.1) is 5.82 Å². The van der Waals surface area contributed by atoms with E-state index in [4.69, 9.17) is 4.74 Å². The van der Waals surface area contributed by atoms with Gasteiger partial charge in [0, 0.05) is 37.5 Å². The molecule has 2 fully saturated rings. The van der Waals surface area contributed by atoms with E-state index in [0.29, 0.717) is 0 Å². The molecule has 2 aliphatic heterocycles. The van der Waals surface area contributed by atoms with Gasteiger partial charge in [0.15, 0.2) is 11.0 Å². The maximum atomic E-state index is 13.4. The molecule has 0 unspecified atom stereocenters.